The molecule has 0 spiro atoms. The summed E-state index contributed by atoms with van der Waals surface area (Å²) in [6.07, 6.45) is 0.423. The van der Waals surface area contributed by atoms with E-state index in [9.17, 15) is 13.2 Å². The quantitative estimate of drug-likeness (QED) is 0.882. The van der Waals surface area contributed by atoms with Crippen LogP contribution in [0, 0.1) is 0 Å². The van der Waals surface area contributed by atoms with E-state index in [1.807, 2.05) is 0 Å². The van der Waals surface area contributed by atoms with Crippen molar-refractivity contribution < 1.29 is 22.4 Å². The van der Waals surface area contributed by atoms with Crippen molar-refractivity contribution in [2.75, 3.05) is 18.6 Å². The highest BCUT2D eigenvalue weighted by atomic mass is 32.2. The maximum absolute atomic E-state index is 12.0. The monoisotopic (exact) mass is 287 g/mol. The van der Waals surface area contributed by atoms with Gasteiger partial charge in [-0.2, -0.15) is 0 Å². The molecule has 0 aliphatic carbocycles. The summed E-state index contributed by atoms with van der Waals surface area (Å²) in [5.41, 5.74) is -0.718. The third kappa shape index (κ3) is 3.36. The molecule has 1 aliphatic rings. The van der Waals surface area contributed by atoms with Crippen LogP contribution in [-0.4, -0.2) is 38.5 Å². The van der Waals surface area contributed by atoms with E-state index < -0.39 is 21.3 Å². The van der Waals surface area contributed by atoms with Gasteiger partial charge in [0.05, 0.1) is 17.0 Å². The summed E-state index contributed by atoms with van der Waals surface area (Å²) in [4.78, 5) is 12.0. The van der Waals surface area contributed by atoms with Gasteiger partial charge in [0.25, 0.3) is 5.91 Å². The number of hydrogen-bond acceptors (Lipinski definition) is 5. The van der Waals surface area contributed by atoms with Crippen molar-refractivity contribution in [1.29, 1.82) is 0 Å². The lowest BCUT2D eigenvalue weighted by molar-refractivity contribution is 0.0878. The lowest BCUT2D eigenvalue weighted by atomic mass is 10.0. The molecule has 2 rings (SSSR count). The second-order valence-electron chi connectivity index (χ2n) is 5.06. The van der Waals surface area contributed by atoms with Gasteiger partial charge in [-0.05, 0) is 25.5 Å². The molecule has 6 nitrogen and oxygen atoms in total. The predicted molar refractivity (Wildman–Crippen MR) is 68.6 cm³/mol. The molecule has 1 aliphatic heterocycles. The van der Waals surface area contributed by atoms with E-state index in [2.05, 4.69) is 5.32 Å². The van der Waals surface area contributed by atoms with Crippen LogP contribution in [0.2, 0.25) is 0 Å². The second kappa shape index (κ2) is 4.97. The summed E-state index contributed by atoms with van der Waals surface area (Å²) in [6, 6.07) is 3.21. The fraction of sp³-hybridized carbons (Fsp3) is 0.583. The molecule has 106 valence electrons. The van der Waals surface area contributed by atoms with Crippen LogP contribution in [-0.2, 0) is 21.2 Å². The lowest BCUT2D eigenvalue weighted by Crippen LogP contribution is -2.46. The minimum Gasteiger partial charge on any atom is -0.453 e. The Balaban J connectivity index is 2.04. The van der Waals surface area contributed by atoms with Gasteiger partial charge in [0.1, 0.15) is 12.4 Å². The molecule has 1 unspecified atom stereocenters. The summed E-state index contributed by atoms with van der Waals surface area (Å²) in [5, 5.41) is 2.73. The fourth-order valence-electron chi connectivity index (χ4n) is 2.16. The first-order valence-electron chi connectivity index (χ1n) is 5.94. The van der Waals surface area contributed by atoms with E-state index in [4.69, 9.17) is 9.15 Å². The Kier molecular flexibility index (Phi) is 3.69. The van der Waals surface area contributed by atoms with Crippen molar-refractivity contribution in [3.63, 3.8) is 0 Å². The molecule has 0 aromatic carbocycles. The Morgan fingerprint density at radius 2 is 2.26 bits per heavy atom. The molecule has 1 amide bonds. The number of amides is 1. The number of rotatable bonds is 4. The fourth-order valence-corrected chi connectivity index (χ4v) is 4.26. The Morgan fingerprint density at radius 1 is 1.53 bits per heavy atom. The largest absolute Gasteiger partial charge is 0.453 e. The summed E-state index contributed by atoms with van der Waals surface area (Å²) < 4.78 is 33.1. The average molecular weight is 287 g/mol. The first-order chi connectivity index (χ1) is 8.84. The molecule has 19 heavy (non-hydrogen) atoms. The van der Waals surface area contributed by atoms with Gasteiger partial charge < -0.3 is 14.5 Å². The molecular formula is C12H17NO5S. The number of carbonyl (C=O) groups excluding carboxylic acids is 1. The second-order valence-corrected chi connectivity index (χ2v) is 7.24. The van der Waals surface area contributed by atoms with Crippen molar-refractivity contribution in [2.45, 2.75) is 25.5 Å². The molecular weight excluding hydrogens is 270 g/mol. The number of methoxy groups -OCH3 is 1. The topological polar surface area (TPSA) is 85.6 Å². The highest BCUT2D eigenvalue weighted by Gasteiger charge is 2.39. The summed E-state index contributed by atoms with van der Waals surface area (Å²) in [7, 11) is -1.52. The van der Waals surface area contributed by atoms with Crippen molar-refractivity contribution in [3.05, 3.63) is 23.7 Å². The molecule has 1 N–H and O–H groups in total. The van der Waals surface area contributed by atoms with Crippen LogP contribution in [0.3, 0.4) is 0 Å². The molecule has 1 aromatic heterocycles. The highest BCUT2D eigenvalue weighted by molar-refractivity contribution is 7.91. The van der Waals surface area contributed by atoms with Crippen molar-refractivity contribution >= 4 is 15.7 Å². The standard InChI is InChI=1S/C12H17NO5S/c1-12(5-6-19(15,16)8-12)13-11(14)10-4-3-9(18-10)7-17-2/h3-4H,5-8H2,1-2H3,(H,13,14). The molecule has 0 radical (unpaired) electrons. The van der Waals surface area contributed by atoms with E-state index in [1.165, 1.54) is 7.11 Å². The normalized spacial score (nSPS) is 25.4. The number of carbonyl (C=O) groups is 1. The SMILES string of the molecule is COCc1ccc(C(=O)NC2(C)CCS(=O)(=O)C2)o1. The average Bonchev–Trinajstić information content (AvgIpc) is 2.84. The van der Waals surface area contributed by atoms with Crippen molar-refractivity contribution in [2.24, 2.45) is 0 Å². The first kappa shape index (κ1) is 14.1. The Bertz CT molecular complexity index is 577. The van der Waals surface area contributed by atoms with E-state index in [0.29, 0.717) is 18.8 Å². The summed E-state index contributed by atoms with van der Waals surface area (Å²) in [6.45, 7) is 2.02. The van der Waals surface area contributed by atoms with Crippen LogP contribution in [0.5, 0.6) is 0 Å². The Morgan fingerprint density at radius 3 is 2.84 bits per heavy atom. The third-order valence-electron chi connectivity index (χ3n) is 3.09. The third-order valence-corrected chi connectivity index (χ3v) is 4.99. The van der Waals surface area contributed by atoms with Crippen LogP contribution in [0.25, 0.3) is 0 Å². The minimum atomic E-state index is -3.05. The molecule has 1 fully saturated rings. The lowest BCUT2D eigenvalue weighted by Gasteiger charge is -2.23. The van der Waals surface area contributed by atoms with Crippen LogP contribution in [0.15, 0.2) is 16.5 Å². The van der Waals surface area contributed by atoms with Gasteiger partial charge in [-0.1, -0.05) is 0 Å². The van der Waals surface area contributed by atoms with E-state index in [1.54, 1.807) is 19.1 Å². The molecule has 0 saturated carbocycles. The highest BCUT2D eigenvalue weighted by Crippen LogP contribution is 2.23. The maximum Gasteiger partial charge on any atom is 0.287 e. The van der Waals surface area contributed by atoms with E-state index in [-0.39, 0.29) is 17.3 Å². The van der Waals surface area contributed by atoms with E-state index >= 15 is 0 Å². The number of sulfone groups is 1. The van der Waals surface area contributed by atoms with Gasteiger partial charge >= 0.3 is 0 Å². The zero-order valence-corrected chi connectivity index (χ0v) is 11.7. The van der Waals surface area contributed by atoms with Gasteiger partial charge in [-0.25, -0.2) is 8.42 Å². The number of furan rings is 1. The summed E-state index contributed by atoms with van der Waals surface area (Å²) in [5.74, 6) is 0.394. The summed E-state index contributed by atoms with van der Waals surface area (Å²) >= 11 is 0. The molecule has 1 atom stereocenters. The van der Waals surface area contributed by atoms with Crippen LogP contribution in [0.1, 0.15) is 29.7 Å². The molecule has 1 saturated heterocycles. The number of ether oxygens (including phenoxy) is 1. The molecule has 7 heteroatoms. The van der Waals surface area contributed by atoms with E-state index in [0.717, 1.165) is 0 Å². The van der Waals surface area contributed by atoms with Gasteiger partial charge in [0.15, 0.2) is 15.6 Å². The van der Waals surface area contributed by atoms with Crippen LogP contribution < -0.4 is 5.32 Å². The van der Waals surface area contributed by atoms with Crippen molar-refractivity contribution in [1.82, 2.24) is 5.32 Å². The smallest absolute Gasteiger partial charge is 0.287 e. The minimum absolute atomic E-state index is 0.0304. The zero-order valence-electron chi connectivity index (χ0n) is 10.9. The predicted octanol–water partition coefficient (Wildman–Crippen LogP) is 0.733. The van der Waals surface area contributed by atoms with Crippen LogP contribution >= 0.6 is 0 Å². The van der Waals surface area contributed by atoms with Gasteiger partial charge in [-0.3, -0.25) is 4.79 Å². The number of nitrogens with one attached hydrogen (secondary N) is 1. The Labute approximate surface area is 112 Å². The molecule has 0 bridgehead atoms. The van der Waals surface area contributed by atoms with Gasteiger partial charge in [0.2, 0.25) is 0 Å². The first-order valence-corrected chi connectivity index (χ1v) is 7.76. The van der Waals surface area contributed by atoms with Gasteiger partial charge in [-0.15, -0.1) is 0 Å². The molecule has 1 aromatic rings. The molecule has 2 heterocycles. The zero-order chi connectivity index (χ0) is 14.1. The van der Waals surface area contributed by atoms with Gasteiger partial charge in [0, 0.05) is 7.11 Å². The number of hydrogen-bond donors (Lipinski definition) is 1. The van der Waals surface area contributed by atoms with Crippen molar-refractivity contribution in [3.8, 4) is 0 Å². The maximum atomic E-state index is 12.0. The Hall–Kier alpha value is -1.34. The van der Waals surface area contributed by atoms with Crippen LogP contribution in [0.4, 0.5) is 0 Å².